The van der Waals surface area contributed by atoms with Gasteiger partial charge in [0.2, 0.25) is 11.7 Å². The number of halogens is 3. The Bertz CT molecular complexity index is 423. The van der Waals surface area contributed by atoms with E-state index in [0.29, 0.717) is 5.69 Å². The Morgan fingerprint density at radius 2 is 1.71 bits per heavy atom. The molecule has 0 saturated heterocycles. The Balaban J connectivity index is 2.69. The Kier molecular flexibility index (Phi) is 3.88. The Morgan fingerprint density at radius 1 is 1.18 bits per heavy atom. The molecule has 1 rings (SSSR count). The molecule has 0 spiro atoms. The molecule has 0 bridgehead atoms. The minimum atomic E-state index is -4.81. The lowest BCUT2D eigenvalue weighted by molar-refractivity contribution is -0.170. The maximum atomic E-state index is 12.0. The van der Waals surface area contributed by atoms with Crippen LogP contribution in [0.2, 0.25) is 0 Å². The van der Waals surface area contributed by atoms with Crippen LogP contribution in [0.1, 0.15) is 12.5 Å². The molecule has 1 aromatic rings. The molecule has 0 radical (unpaired) electrons. The molecule has 0 aliphatic carbocycles. The van der Waals surface area contributed by atoms with Crippen molar-refractivity contribution in [1.29, 1.82) is 0 Å². The van der Waals surface area contributed by atoms with Crippen molar-refractivity contribution in [2.75, 3.05) is 5.32 Å². The predicted molar refractivity (Wildman–Crippen MR) is 55.5 cm³/mol. The van der Waals surface area contributed by atoms with Crippen molar-refractivity contribution in [3.05, 3.63) is 29.8 Å². The molecule has 1 N–H and O–H groups in total. The average Bonchev–Trinajstić information content (AvgIpc) is 2.18. The molecule has 0 aliphatic rings. The summed E-state index contributed by atoms with van der Waals surface area (Å²) >= 11 is 0. The third-order valence-corrected chi connectivity index (χ3v) is 1.96. The SMILES string of the molecule is CC(=O)Nc1ccc(CC(=O)C(F)(F)F)cc1. The lowest BCUT2D eigenvalue weighted by atomic mass is 10.1. The summed E-state index contributed by atoms with van der Waals surface area (Å²) in [5.74, 6) is -2.06. The summed E-state index contributed by atoms with van der Waals surface area (Å²) in [7, 11) is 0. The van der Waals surface area contributed by atoms with Gasteiger partial charge in [0.15, 0.2) is 0 Å². The van der Waals surface area contributed by atoms with Gasteiger partial charge >= 0.3 is 6.18 Å². The van der Waals surface area contributed by atoms with Gasteiger partial charge in [0.05, 0.1) is 0 Å². The first-order valence-corrected chi connectivity index (χ1v) is 4.75. The van der Waals surface area contributed by atoms with Gasteiger partial charge < -0.3 is 5.32 Å². The zero-order chi connectivity index (χ0) is 13.1. The van der Waals surface area contributed by atoms with Crippen LogP contribution >= 0.6 is 0 Å². The smallest absolute Gasteiger partial charge is 0.326 e. The van der Waals surface area contributed by atoms with Crippen molar-refractivity contribution < 1.29 is 22.8 Å². The van der Waals surface area contributed by atoms with Gasteiger partial charge in [-0.05, 0) is 17.7 Å². The first-order chi connectivity index (χ1) is 7.79. The van der Waals surface area contributed by atoms with Crippen LogP contribution in [-0.2, 0) is 16.0 Å². The molecule has 0 atom stereocenters. The van der Waals surface area contributed by atoms with E-state index < -0.39 is 18.4 Å². The summed E-state index contributed by atoms with van der Waals surface area (Å²) in [6.45, 7) is 1.32. The number of alkyl halides is 3. The topological polar surface area (TPSA) is 46.2 Å². The van der Waals surface area contributed by atoms with E-state index in [4.69, 9.17) is 0 Å². The number of rotatable bonds is 3. The Morgan fingerprint density at radius 3 is 2.12 bits per heavy atom. The third-order valence-electron chi connectivity index (χ3n) is 1.96. The average molecular weight is 245 g/mol. The molecule has 0 aromatic heterocycles. The molecular weight excluding hydrogens is 235 g/mol. The Labute approximate surface area is 95.6 Å². The summed E-state index contributed by atoms with van der Waals surface area (Å²) in [6.07, 6.45) is -5.50. The monoisotopic (exact) mass is 245 g/mol. The third kappa shape index (κ3) is 4.26. The largest absolute Gasteiger partial charge is 0.450 e. The van der Waals surface area contributed by atoms with Gasteiger partial charge in [-0.15, -0.1) is 0 Å². The van der Waals surface area contributed by atoms with E-state index in [9.17, 15) is 22.8 Å². The van der Waals surface area contributed by atoms with Crippen LogP contribution in [0.15, 0.2) is 24.3 Å². The number of amides is 1. The highest BCUT2D eigenvalue weighted by Crippen LogP contribution is 2.19. The standard InChI is InChI=1S/C11H10F3NO2/c1-7(16)15-9-4-2-8(3-5-9)6-10(17)11(12,13)14/h2-5H,6H2,1H3,(H,15,16). The number of benzene rings is 1. The fourth-order valence-corrected chi connectivity index (χ4v) is 1.19. The fourth-order valence-electron chi connectivity index (χ4n) is 1.19. The van der Waals surface area contributed by atoms with Crippen LogP contribution in [-0.4, -0.2) is 17.9 Å². The van der Waals surface area contributed by atoms with Gasteiger partial charge in [-0.2, -0.15) is 13.2 Å². The van der Waals surface area contributed by atoms with Crippen LogP contribution < -0.4 is 5.32 Å². The van der Waals surface area contributed by atoms with Gasteiger partial charge in [-0.1, -0.05) is 12.1 Å². The maximum absolute atomic E-state index is 12.0. The van der Waals surface area contributed by atoms with E-state index in [-0.39, 0.29) is 11.5 Å². The highest BCUT2D eigenvalue weighted by atomic mass is 19.4. The van der Waals surface area contributed by atoms with Crippen molar-refractivity contribution in [2.45, 2.75) is 19.5 Å². The molecule has 0 saturated carbocycles. The summed E-state index contributed by atoms with van der Waals surface area (Å²) < 4.78 is 35.9. The lowest BCUT2D eigenvalue weighted by Gasteiger charge is -2.06. The second-order valence-electron chi connectivity index (χ2n) is 3.48. The molecule has 92 valence electrons. The van der Waals surface area contributed by atoms with Crippen LogP contribution in [0.4, 0.5) is 18.9 Å². The minimum absolute atomic E-state index is 0.251. The van der Waals surface area contributed by atoms with Crippen molar-refractivity contribution in [3.8, 4) is 0 Å². The van der Waals surface area contributed by atoms with E-state index in [0.717, 1.165) is 0 Å². The normalized spacial score (nSPS) is 11.1. The van der Waals surface area contributed by atoms with Crippen LogP contribution in [0.3, 0.4) is 0 Å². The zero-order valence-corrected chi connectivity index (χ0v) is 8.97. The molecule has 0 heterocycles. The van der Waals surface area contributed by atoms with Crippen molar-refractivity contribution in [3.63, 3.8) is 0 Å². The number of hydrogen-bond acceptors (Lipinski definition) is 2. The quantitative estimate of drug-likeness (QED) is 0.888. The number of Topliss-reactive ketones (excluding diaryl/α,β-unsaturated/α-hetero) is 1. The molecule has 0 unspecified atom stereocenters. The fraction of sp³-hybridized carbons (Fsp3) is 0.273. The minimum Gasteiger partial charge on any atom is -0.326 e. The summed E-state index contributed by atoms with van der Waals surface area (Å²) in [5, 5.41) is 2.47. The van der Waals surface area contributed by atoms with E-state index in [2.05, 4.69) is 5.32 Å². The van der Waals surface area contributed by atoms with Gasteiger partial charge in [0.1, 0.15) is 0 Å². The number of carbonyl (C=O) groups is 2. The van der Waals surface area contributed by atoms with Crippen LogP contribution in [0.5, 0.6) is 0 Å². The van der Waals surface area contributed by atoms with Crippen molar-refractivity contribution in [2.24, 2.45) is 0 Å². The van der Waals surface area contributed by atoms with Crippen molar-refractivity contribution in [1.82, 2.24) is 0 Å². The van der Waals surface area contributed by atoms with Gasteiger partial charge in [-0.25, -0.2) is 0 Å². The van der Waals surface area contributed by atoms with E-state index in [1.165, 1.54) is 31.2 Å². The molecule has 6 heteroatoms. The van der Waals surface area contributed by atoms with E-state index in [1.807, 2.05) is 0 Å². The molecular formula is C11H10F3NO2. The molecule has 17 heavy (non-hydrogen) atoms. The second-order valence-corrected chi connectivity index (χ2v) is 3.48. The van der Waals surface area contributed by atoms with Gasteiger partial charge in [0.25, 0.3) is 0 Å². The Hall–Kier alpha value is -1.85. The second kappa shape index (κ2) is 4.99. The number of anilines is 1. The highest BCUT2D eigenvalue weighted by molar-refractivity contribution is 5.89. The van der Waals surface area contributed by atoms with Gasteiger partial charge in [-0.3, -0.25) is 9.59 Å². The predicted octanol–water partition coefficient (Wildman–Crippen LogP) is 2.32. The number of ketones is 1. The molecule has 0 aliphatic heterocycles. The first-order valence-electron chi connectivity index (χ1n) is 4.75. The molecule has 3 nitrogen and oxygen atoms in total. The number of hydrogen-bond donors (Lipinski definition) is 1. The first kappa shape index (κ1) is 13.2. The number of nitrogens with one attached hydrogen (secondary N) is 1. The zero-order valence-electron chi connectivity index (χ0n) is 8.97. The maximum Gasteiger partial charge on any atom is 0.450 e. The van der Waals surface area contributed by atoms with E-state index >= 15 is 0 Å². The van der Waals surface area contributed by atoms with Crippen molar-refractivity contribution >= 4 is 17.4 Å². The van der Waals surface area contributed by atoms with Crippen LogP contribution in [0.25, 0.3) is 0 Å². The van der Waals surface area contributed by atoms with Gasteiger partial charge in [0, 0.05) is 19.0 Å². The number of carbonyl (C=O) groups excluding carboxylic acids is 2. The summed E-state index contributed by atoms with van der Waals surface area (Å²) in [4.78, 5) is 21.4. The molecule has 1 amide bonds. The lowest BCUT2D eigenvalue weighted by Crippen LogP contribution is -2.24. The summed E-state index contributed by atoms with van der Waals surface area (Å²) in [5.41, 5.74) is 0.724. The highest BCUT2D eigenvalue weighted by Gasteiger charge is 2.37. The molecule has 0 fully saturated rings. The van der Waals surface area contributed by atoms with Crippen LogP contribution in [0, 0.1) is 0 Å². The van der Waals surface area contributed by atoms with E-state index in [1.54, 1.807) is 0 Å². The summed E-state index contributed by atoms with van der Waals surface area (Å²) in [6, 6.07) is 5.63. The molecule has 1 aromatic carbocycles.